The Hall–Kier alpha value is -2.31. The molecule has 0 fully saturated rings. The van der Waals surface area contributed by atoms with Crippen molar-refractivity contribution in [3.8, 4) is 16.9 Å². The summed E-state index contributed by atoms with van der Waals surface area (Å²) in [6, 6.07) is 6.42. The molecule has 0 aliphatic heterocycles. The average molecular weight is 431 g/mol. The molecule has 4 rings (SSSR count). The van der Waals surface area contributed by atoms with Crippen LogP contribution in [-0.4, -0.2) is 41.5 Å². The Balaban J connectivity index is 0.00000256. The minimum absolute atomic E-state index is 0. The fourth-order valence-corrected chi connectivity index (χ4v) is 4.30. The van der Waals surface area contributed by atoms with E-state index in [4.69, 9.17) is 19.6 Å². The van der Waals surface area contributed by atoms with Gasteiger partial charge in [-0.05, 0) is 62.8 Å². The van der Waals surface area contributed by atoms with Gasteiger partial charge in [-0.3, -0.25) is 0 Å². The van der Waals surface area contributed by atoms with Crippen LogP contribution in [0.1, 0.15) is 42.3 Å². The first kappa shape index (κ1) is 22.4. The first-order chi connectivity index (χ1) is 14.1. The van der Waals surface area contributed by atoms with Crippen molar-refractivity contribution in [3.63, 3.8) is 0 Å². The van der Waals surface area contributed by atoms with Crippen LogP contribution in [0.25, 0.3) is 16.8 Å². The summed E-state index contributed by atoms with van der Waals surface area (Å²) < 4.78 is 12.8. The molecule has 7 heteroatoms. The van der Waals surface area contributed by atoms with E-state index in [2.05, 4.69) is 38.2 Å². The van der Waals surface area contributed by atoms with Crippen LogP contribution in [0.4, 0.5) is 5.82 Å². The van der Waals surface area contributed by atoms with E-state index < -0.39 is 0 Å². The van der Waals surface area contributed by atoms with Gasteiger partial charge in [0, 0.05) is 23.9 Å². The summed E-state index contributed by atoms with van der Waals surface area (Å²) >= 11 is 0. The number of nitrogens with zero attached hydrogens (tertiary/aromatic N) is 3. The van der Waals surface area contributed by atoms with Crippen molar-refractivity contribution >= 4 is 23.9 Å². The molecule has 1 atom stereocenters. The second-order valence-electron chi connectivity index (χ2n) is 7.82. The quantitative estimate of drug-likeness (QED) is 0.585. The number of halogens is 1. The molecule has 1 aromatic carbocycles. The summed E-state index contributed by atoms with van der Waals surface area (Å²) in [7, 11) is 3.45. The number of aryl methyl sites for hydroxylation is 3. The topological polar surface area (TPSA) is 60.7 Å². The molecule has 6 nitrogen and oxygen atoms in total. The second-order valence-corrected chi connectivity index (χ2v) is 7.82. The molecule has 2 heterocycles. The molecular weight excluding hydrogens is 400 g/mol. The maximum Gasteiger partial charge on any atom is 0.165 e. The van der Waals surface area contributed by atoms with Gasteiger partial charge in [-0.1, -0.05) is 13.0 Å². The summed E-state index contributed by atoms with van der Waals surface area (Å²) in [5, 5.41) is 8.63. The Labute approximate surface area is 184 Å². The van der Waals surface area contributed by atoms with Gasteiger partial charge in [0.25, 0.3) is 0 Å². The molecule has 0 amide bonds. The number of nitrogens with one attached hydrogen (secondary N) is 1. The highest BCUT2D eigenvalue weighted by molar-refractivity contribution is 5.85. The molecule has 1 aliphatic carbocycles. The van der Waals surface area contributed by atoms with Crippen LogP contribution in [-0.2, 0) is 17.6 Å². The van der Waals surface area contributed by atoms with Crippen LogP contribution in [0.2, 0.25) is 0 Å². The fraction of sp³-hybridized carbons (Fsp3) is 0.478. The Kier molecular flexibility index (Phi) is 6.88. The molecule has 0 bridgehead atoms. The number of rotatable bonds is 7. The Morgan fingerprint density at radius 1 is 1.20 bits per heavy atom. The molecule has 162 valence electrons. The highest BCUT2D eigenvalue weighted by Crippen LogP contribution is 2.36. The fourth-order valence-electron chi connectivity index (χ4n) is 4.30. The molecule has 3 aromatic rings. The van der Waals surface area contributed by atoms with Gasteiger partial charge >= 0.3 is 0 Å². The van der Waals surface area contributed by atoms with Crippen LogP contribution in [0, 0.1) is 13.8 Å². The van der Waals surface area contributed by atoms with E-state index in [1.807, 2.05) is 10.6 Å². The monoisotopic (exact) mass is 430 g/mol. The SMILES string of the molecule is CC[C@H](COC)Nc1c2c(nc3c(-c4ccc(OC)cc4C)c(C)nn13)CCC2.Cl. The third-order valence-electron chi connectivity index (χ3n) is 5.87. The number of methoxy groups -OCH3 is 2. The number of hydrogen-bond acceptors (Lipinski definition) is 5. The summed E-state index contributed by atoms with van der Waals surface area (Å²) in [6.45, 7) is 7.02. The van der Waals surface area contributed by atoms with E-state index in [0.717, 1.165) is 65.3 Å². The third-order valence-corrected chi connectivity index (χ3v) is 5.87. The average Bonchev–Trinajstić information content (AvgIpc) is 3.31. The van der Waals surface area contributed by atoms with E-state index in [1.165, 1.54) is 11.3 Å². The van der Waals surface area contributed by atoms with Crippen LogP contribution in [0.5, 0.6) is 5.75 Å². The number of hydrogen-bond donors (Lipinski definition) is 1. The van der Waals surface area contributed by atoms with Crippen LogP contribution in [0.3, 0.4) is 0 Å². The first-order valence-electron chi connectivity index (χ1n) is 10.4. The zero-order valence-corrected chi connectivity index (χ0v) is 19.2. The van der Waals surface area contributed by atoms with E-state index in [1.54, 1.807) is 14.2 Å². The Bertz CT molecular complexity index is 1050. The Morgan fingerprint density at radius 2 is 2.00 bits per heavy atom. The lowest BCUT2D eigenvalue weighted by Crippen LogP contribution is -2.26. The van der Waals surface area contributed by atoms with Gasteiger partial charge in [-0.15, -0.1) is 12.4 Å². The van der Waals surface area contributed by atoms with Gasteiger partial charge in [0.1, 0.15) is 11.6 Å². The van der Waals surface area contributed by atoms with Crippen molar-refractivity contribution in [1.29, 1.82) is 0 Å². The van der Waals surface area contributed by atoms with Crippen molar-refractivity contribution in [1.82, 2.24) is 14.6 Å². The van der Waals surface area contributed by atoms with Gasteiger partial charge in [-0.25, -0.2) is 4.98 Å². The van der Waals surface area contributed by atoms with Crippen LogP contribution >= 0.6 is 12.4 Å². The lowest BCUT2D eigenvalue weighted by atomic mass is 10.0. The molecule has 0 saturated carbocycles. The molecule has 30 heavy (non-hydrogen) atoms. The number of benzene rings is 1. The molecular formula is C23H31ClN4O2. The summed E-state index contributed by atoms with van der Waals surface area (Å²) in [5.41, 5.74) is 7.81. The van der Waals surface area contributed by atoms with Crippen molar-refractivity contribution in [3.05, 3.63) is 40.7 Å². The number of aromatic nitrogens is 3. The standard InChI is InChI=1S/C23H30N4O2.ClH/c1-6-16(13-28-4)24-22-19-8-7-9-20(19)25-23-21(15(3)26-27(22)23)18-11-10-17(29-5)12-14(18)2;/h10-12,16,24H,6-9,13H2,1-5H3;1H/t16-;/m1./s1. The van der Waals surface area contributed by atoms with Gasteiger partial charge in [0.15, 0.2) is 5.65 Å². The predicted molar refractivity (Wildman–Crippen MR) is 123 cm³/mol. The zero-order valence-electron chi connectivity index (χ0n) is 18.4. The third kappa shape index (κ3) is 3.86. The van der Waals surface area contributed by atoms with E-state index in [-0.39, 0.29) is 18.4 Å². The lowest BCUT2D eigenvalue weighted by molar-refractivity contribution is 0.184. The van der Waals surface area contributed by atoms with Gasteiger partial charge in [0.2, 0.25) is 0 Å². The molecule has 1 aliphatic rings. The van der Waals surface area contributed by atoms with Crippen molar-refractivity contribution in [2.45, 2.75) is 52.5 Å². The molecule has 2 aromatic heterocycles. The molecule has 0 saturated heterocycles. The van der Waals surface area contributed by atoms with Gasteiger partial charge < -0.3 is 14.8 Å². The minimum atomic E-state index is 0. The number of fused-ring (bicyclic) bond motifs is 2. The normalized spacial score (nSPS) is 13.8. The molecule has 0 unspecified atom stereocenters. The summed E-state index contributed by atoms with van der Waals surface area (Å²) in [6.07, 6.45) is 4.19. The summed E-state index contributed by atoms with van der Waals surface area (Å²) in [4.78, 5) is 5.07. The highest BCUT2D eigenvalue weighted by Gasteiger charge is 2.25. The Morgan fingerprint density at radius 3 is 2.67 bits per heavy atom. The van der Waals surface area contributed by atoms with Crippen LogP contribution in [0.15, 0.2) is 18.2 Å². The van der Waals surface area contributed by atoms with Gasteiger partial charge in [0.05, 0.1) is 25.5 Å². The van der Waals surface area contributed by atoms with Crippen molar-refractivity contribution in [2.75, 3.05) is 26.1 Å². The summed E-state index contributed by atoms with van der Waals surface area (Å²) in [5.74, 6) is 1.94. The largest absolute Gasteiger partial charge is 0.497 e. The highest BCUT2D eigenvalue weighted by atomic mass is 35.5. The lowest BCUT2D eigenvalue weighted by Gasteiger charge is -2.20. The van der Waals surface area contributed by atoms with E-state index >= 15 is 0 Å². The predicted octanol–water partition coefficient (Wildman–Crippen LogP) is 4.77. The zero-order chi connectivity index (χ0) is 20.5. The minimum Gasteiger partial charge on any atom is -0.497 e. The van der Waals surface area contributed by atoms with Gasteiger partial charge in [-0.2, -0.15) is 9.61 Å². The van der Waals surface area contributed by atoms with Crippen LogP contribution < -0.4 is 10.1 Å². The molecule has 1 N–H and O–H groups in total. The van der Waals surface area contributed by atoms with Crippen molar-refractivity contribution in [2.24, 2.45) is 0 Å². The van der Waals surface area contributed by atoms with E-state index in [0.29, 0.717) is 6.61 Å². The first-order valence-corrected chi connectivity index (χ1v) is 10.4. The second kappa shape index (κ2) is 9.23. The number of anilines is 1. The maximum absolute atomic E-state index is 5.41. The number of ether oxygens (including phenoxy) is 2. The molecule has 0 radical (unpaired) electrons. The van der Waals surface area contributed by atoms with Crippen molar-refractivity contribution < 1.29 is 9.47 Å². The molecule has 0 spiro atoms. The maximum atomic E-state index is 5.41. The smallest absolute Gasteiger partial charge is 0.165 e. The van der Waals surface area contributed by atoms with E-state index in [9.17, 15) is 0 Å².